The molecule has 0 aliphatic heterocycles. The molecule has 1 saturated carbocycles. The van der Waals surface area contributed by atoms with Crippen LogP contribution >= 0.6 is 11.8 Å². The maximum Gasteiger partial charge on any atom is 0.257 e. The molecule has 24 heavy (non-hydrogen) atoms. The monoisotopic (exact) mass is 338 g/mol. The number of amides is 1. The molecule has 4 nitrogen and oxygen atoms in total. The van der Waals surface area contributed by atoms with Crippen molar-refractivity contribution in [1.82, 2.24) is 9.88 Å². The first-order chi connectivity index (χ1) is 11.8. The van der Waals surface area contributed by atoms with Crippen LogP contribution in [0.15, 0.2) is 64.2 Å². The first-order valence-electron chi connectivity index (χ1n) is 8.11. The molecule has 0 spiro atoms. The first kappa shape index (κ1) is 15.3. The third kappa shape index (κ3) is 3.46. The van der Waals surface area contributed by atoms with Crippen LogP contribution in [0.3, 0.4) is 0 Å². The molecular formula is C19H18N2O2S. The second-order valence-corrected chi connectivity index (χ2v) is 6.90. The van der Waals surface area contributed by atoms with Crippen molar-refractivity contribution in [2.75, 3.05) is 5.75 Å². The van der Waals surface area contributed by atoms with Gasteiger partial charge in [-0.25, -0.2) is 4.98 Å². The quantitative estimate of drug-likeness (QED) is 0.635. The third-order valence-electron chi connectivity index (χ3n) is 4.10. The van der Waals surface area contributed by atoms with Crippen molar-refractivity contribution >= 4 is 28.8 Å². The van der Waals surface area contributed by atoms with Crippen molar-refractivity contribution in [3.63, 3.8) is 0 Å². The normalized spacial score (nSPS) is 14.0. The standard InChI is InChI=1S/C19H18N2O2S/c22-18(13-24-19-20-16-8-4-5-9-17(16)23-19)21(15-10-11-15)12-14-6-2-1-3-7-14/h1-9,15H,10-13H2. The van der Waals surface area contributed by atoms with Gasteiger partial charge in [-0.15, -0.1) is 0 Å². The minimum atomic E-state index is 0.147. The molecule has 0 atom stereocenters. The van der Waals surface area contributed by atoms with Crippen LogP contribution in [0.25, 0.3) is 11.1 Å². The van der Waals surface area contributed by atoms with Crippen LogP contribution in [0.2, 0.25) is 0 Å². The second-order valence-electron chi connectivity index (χ2n) is 5.97. The second kappa shape index (κ2) is 6.69. The van der Waals surface area contributed by atoms with Gasteiger partial charge in [0.15, 0.2) is 5.58 Å². The van der Waals surface area contributed by atoms with E-state index in [1.807, 2.05) is 47.4 Å². The first-order valence-corrected chi connectivity index (χ1v) is 9.10. The highest BCUT2D eigenvalue weighted by Crippen LogP contribution is 2.30. The van der Waals surface area contributed by atoms with Gasteiger partial charge in [0.2, 0.25) is 5.91 Å². The number of oxazole rings is 1. The highest BCUT2D eigenvalue weighted by atomic mass is 32.2. The van der Waals surface area contributed by atoms with Crippen molar-refractivity contribution in [3.05, 3.63) is 60.2 Å². The molecule has 4 rings (SSSR count). The number of benzene rings is 2. The Morgan fingerprint density at radius 1 is 1.12 bits per heavy atom. The summed E-state index contributed by atoms with van der Waals surface area (Å²) >= 11 is 1.37. The summed E-state index contributed by atoms with van der Waals surface area (Å²) in [6, 6.07) is 18.2. The number of nitrogens with zero attached hydrogens (tertiary/aromatic N) is 2. The summed E-state index contributed by atoms with van der Waals surface area (Å²) in [7, 11) is 0. The lowest BCUT2D eigenvalue weighted by atomic mass is 10.2. The summed E-state index contributed by atoms with van der Waals surface area (Å²) in [6.07, 6.45) is 2.21. The highest BCUT2D eigenvalue weighted by molar-refractivity contribution is 7.99. The van der Waals surface area contributed by atoms with E-state index in [1.165, 1.54) is 17.3 Å². The maximum atomic E-state index is 12.7. The Balaban J connectivity index is 1.41. The van der Waals surface area contributed by atoms with E-state index in [-0.39, 0.29) is 5.91 Å². The van der Waals surface area contributed by atoms with E-state index in [1.54, 1.807) is 0 Å². The summed E-state index contributed by atoms with van der Waals surface area (Å²) in [4.78, 5) is 19.1. The zero-order valence-corrected chi connectivity index (χ0v) is 14.0. The molecule has 3 aromatic rings. The highest BCUT2D eigenvalue weighted by Gasteiger charge is 2.32. The lowest BCUT2D eigenvalue weighted by Crippen LogP contribution is -2.33. The lowest BCUT2D eigenvalue weighted by molar-refractivity contribution is -0.129. The van der Waals surface area contributed by atoms with Gasteiger partial charge in [0.25, 0.3) is 5.22 Å². The van der Waals surface area contributed by atoms with Gasteiger partial charge in [-0.3, -0.25) is 4.79 Å². The zero-order chi connectivity index (χ0) is 16.4. The van der Waals surface area contributed by atoms with Gasteiger partial charge in [-0.1, -0.05) is 54.2 Å². The molecule has 122 valence electrons. The predicted octanol–water partition coefficient (Wildman–Crippen LogP) is 4.11. The molecule has 1 heterocycles. The number of hydrogen-bond donors (Lipinski definition) is 0. The minimum Gasteiger partial charge on any atom is -0.431 e. The molecule has 0 unspecified atom stereocenters. The van der Waals surface area contributed by atoms with Gasteiger partial charge in [0.05, 0.1) is 5.75 Å². The van der Waals surface area contributed by atoms with Crippen LogP contribution in [-0.2, 0) is 11.3 Å². The Morgan fingerprint density at radius 2 is 1.88 bits per heavy atom. The van der Waals surface area contributed by atoms with Crippen molar-refractivity contribution < 1.29 is 9.21 Å². The molecule has 5 heteroatoms. The molecule has 0 N–H and O–H groups in total. The smallest absolute Gasteiger partial charge is 0.257 e. The molecule has 0 radical (unpaired) electrons. The fourth-order valence-corrected chi connectivity index (χ4v) is 3.43. The average Bonchev–Trinajstić information content (AvgIpc) is 3.37. The molecule has 1 fully saturated rings. The van der Waals surface area contributed by atoms with Gasteiger partial charge >= 0.3 is 0 Å². The number of thioether (sulfide) groups is 1. The Labute approximate surface area is 144 Å². The fraction of sp³-hybridized carbons (Fsp3) is 0.263. The van der Waals surface area contributed by atoms with E-state index >= 15 is 0 Å². The van der Waals surface area contributed by atoms with Gasteiger partial charge < -0.3 is 9.32 Å². The van der Waals surface area contributed by atoms with Crippen molar-refractivity contribution in [2.24, 2.45) is 0 Å². The van der Waals surface area contributed by atoms with E-state index in [0.717, 1.165) is 23.9 Å². The number of carbonyl (C=O) groups is 1. The molecule has 1 amide bonds. The topological polar surface area (TPSA) is 46.3 Å². The molecule has 0 bridgehead atoms. The zero-order valence-electron chi connectivity index (χ0n) is 13.2. The van der Waals surface area contributed by atoms with Crippen LogP contribution in [0, 0.1) is 0 Å². The van der Waals surface area contributed by atoms with Crippen LogP contribution in [0.1, 0.15) is 18.4 Å². The van der Waals surface area contributed by atoms with Gasteiger partial charge in [-0.05, 0) is 30.5 Å². The largest absolute Gasteiger partial charge is 0.431 e. The van der Waals surface area contributed by atoms with Crippen molar-refractivity contribution in [2.45, 2.75) is 30.7 Å². The van der Waals surface area contributed by atoms with Crippen molar-refractivity contribution in [3.8, 4) is 0 Å². The number of carbonyl (C=O) groups excluding carboxylic acids is 1. The summed E-state index contributed by atoms with van der Waals surface area (Å²) in [5, 5.41) is 0.556. The summed E-state index contributed by atoms with van der Waals surface area (Å²) in [5.41, 5.74) is 2.76. The molecule has 0 saturated heterocycles. The van der Waals surface area contributed by atoms with Crippen molar-refractivity contribution in [1.29, 1.82) is 0 Å². The number of rotatable bonds is 6. The molecular weight excluding hydrogens is 320 g/mol. The van der Waals surface area contributed by atoms with Gasteiger partial charge in [0.1, 0.15) is 5.52 Å². The van der Waals surface area contributed by atoms with E-state index < -0.39 is 0 Å². The lowest BCUT2D eigenvalue weighted by Gasteiger charge is -2.22. The Hall–Kier alpha value is -2.27. The maximum absolute atomic E-state index is 12.7. The average molecular weight is 338 g/mol. The van der Waals surface area contributed by atoms with E-state index in [0.29, 0.717) is 23.6 Å². The van der Waals surface area contributed by atoms with E-state index in [4.69, 9.17) is 4.42 Å². The summed E-state index contributed by atoms with van der Waals surface area (Å²) in [5.74, 6) is 0.504. The predicted molar refractivity (Wildman–Crippen MR) is 94.7 cm³/mol. The van der Waals surface area contributed by atoms with Gasteiger partial charge in [0, 0.05) is 12.6 Å². The number of fused-ring (bicyclic) bond motifs is 1. The number of aromatic nitrogens is 1. The Kier molecular flexibility index (Phi) is 4.26. The molecule has 2 aromatic carbocycles. The Morgan fingerprint density at radius 3 is 2.62 bits per heavy atom. The minimum absolute atomic E-state index is 0.147. The number of para-hydroxylation sites is 2. The van der Waals surface area contributed by atoms with Gasteiger partial charge in [-0.2, -0.15) is 0 Å². The summed E-state index contributed by atoms with van der Waals surface area (Å²) in [6.45, 7) is 0.679. The third-order valence-corrected chi connectivity index (χ3v) is 4.91. The SMILES string of the molecule is O=C(CSc1nc2ccccc2o1)N(Cc1ccccc1)C1CC1. The van der Waals surface area contributed by atoms with E-state index in [2.05, 4.69) is 17.1 Å². The molecule has 1 aromatic heterocycles. The van der Waals surface area contributed by atoms with Crippen LogP contribution < -0.4 is 0 Å². The van der Waals surface area contributed by atoms with Crippen LogP contribution in [-0.4, -0.2) is 27.6 Å². The molecule has 1 aliphatic rings. The van der Waals surface area contributed by atoms with Crippen LogP contribution in [0.5, 0.6) is 0 Å². The number of hydrogen-bond acceptors (Lipinski definition) is 4. The summed E-state index contributed by atoms with van der Waals surface area (Å²) < 4.78 is 5.67. The van der Waals surface area contributed by atoms with E-state index in [9.17, 15) is 4.79 Å². The fourth-order valence-electron chi connectivity index (χ4n) is 2.71. The van der Waals surface area contributed by atoms with Crippen LogP contribution in [0.4, 0.5) is 0 Å². The Bertz CT molecular complexity index is 810. The molecule has 1 aliphatic carbocycles.